The predicted molar refractivity (Wildman–Crippen MR) is 135 cm³/mol. The minimum absolute atomic E-state index is 0.0664. The summed E-state index contributed by atoms with van der Waals surface area (Å²) in [6, 6.07) is 23.6. The van der Waals surface area contributed by atoms with Crippen LogP contribution in [0.15, 0.2) is 78.9 Å². The number of hydrogen-bond acceptors (Lipinski definition) is 4. The van der Waals surface area contributed by atoms with Crippen molar-refractivity contribution in [2.24, 2.45) is 5.73 Å². The number of carbonyl (C=O) groups is 1. The third-order valence-electron chi connectivity index (χ3n) is 7.29. The van der Waals surface area contributed by atoms with Gasteiger partial charge in [0.25, 0.3) is 0 Å². The lowest BCUT2D eigenvalue weighted by molar-refractivity contribution is -0.122. The summed E-state index contributed by atoms with van der Waals surface area (Å²) in [5.74, 6) is -0.984. The van der Waals surface area contributed by atoms with Gasteiger partial charge in [-0.05, 0) is 56.4 Å². The highest BCUT2D eigenvalue weighted by Crippen LogP contribution is 2.40. The number of carbonyl (C=O) groups excluding carboxylic acids is 1. The lowest BCUT2D eigenvalue weighted by atomic mass is 9.69. The number of benzene rings is 3. The van der Waals surface area contributed by atoms with Crippen molar-refractivity contribution in [1.29, 1.82) is 0 Å². The van der Waals surface area contributed by atoms with Crippen LogP contribution in [0.2, 0.25) is 0 Å². The van der Waals surface area contributed by atoms with Gasteiger partial charge in [0.2, 0.25) is 5.91 Å². The zero-order valence-corrected chi connectivity index (χ0v) is 20.3. The Morgan fingerprint density at radius 1 is 1.03 bits per heavy atom. The second kappa shape index (κ2) is 10.1. The molecule has 1 atom stereocenters. The van der Waals surface area contributed by atoms with E-state index in [1.54, 1.807) is 0 Å². The number of nitrogens with zero attached hydrogens (tertiary/aromatic N) is 1. The number of rotatable bonds is 9. The molecule has 1 heterocycles. The zero-order valence-electron chi connectivity index (χ0n) is 20.3. The van der Waals surface area contributed by atoms with Crippen molar-refractivity contribution in [3.05, 3.63) is 95.8 Å². The fourth-order valence-corrected chi connectivity index (χ4v) is 5.09. The van der Waals surface area contributed by atoms with Gasteiger partial charge in [0.1, 0.15) is 11.9 Å². The molecule has 4 rings (SSSR count). The number of halogens is 1. The van der Waals surface area contributed by atoms with Gasteiger partial charge < -0.3 is 15.6 Å². The average Bonchev–Trinajstić information content (AvgIpc) is 3.33. The second-order valence-corrected chi connectivity index (χ2v) is 9.90. The van der Waals surface area contributed by atoms with Gasteiger partial charge in [-0.1, -0.05) is 60.7 Å². The van der Waals surface area contributed by atoms with Gasteiger partial charge >= 0.3 is 0 Å². The van der Waals surface area contributed by atoms with E-state index in [1.807, 2.05) is 60.7 Å². The number of nitrogens with two attached hydrogens (primary N) is 1. The molecule has 0 radical (unpaired) electrons. The third kappa shape index (κ3) is 5.17. The molecule has 0 aliphatic carbocycles. The molecule has 184 valence electrons. The highest BCUT2D eigenvalue weighted by molar-refractivity contribution is 5.90. The molecule has 6 heteroatoms. The normalized spacial score (nSPS) is 16.8. The Hall–Kier alpha value is -3.38. The van der Waals surface area contributed by atoms with Gasteiger partial charge in [-0.25, -0.2) is 4.39 Å². The van der Waals surface area contributed by atoms with Crippen LogP contribution in [0.25, 0.3) is 0 Å². The molecule has 3 aromatic carbocycles. The number of hydrogen-bond donors (Lipinski definition) is 2. The monoisotopic (exact) mass is 476 g/mol. The second-order valence-electron chi connectivity index (χ2n) is 9.90. The van der Waals surface area contributed by atoms with Crippen LogP contribution >= 0.6 is 0 Å². The van der Waals surface area contributed by atoms with Crippen LogP contribution in [0, 0.1) is 5.82 Å². The quantitative estimate of drug-likeness (QED) is 0.455. The summed E-state index contributed by atoms with van der Waals surface area (Å²) >= 11 is 0. The summed E-state index contributed by atoms with van der Waals surface area (Å²) in [5.41, 5.74) is 6.78. The molecule has 1 unspecified atom stereocenters. The molecule has 3 aromatic rings. The molecule has 0 spiro atoms. The highest BCUT2D eigenvalue weighted by Gasteiger charge is 2.43. The molecule has 5 nitrogen and oxygen atoms in total. The summed E-state index contributed by atoms with van der Waals surface area (Å²) in [6.07, 6.45) is 2.06. The van der Waals surface area contributed by atoms with E-state index in [0.717, 1.165) is 30.5 Å². The van der Waals surface area contributed by atoms with Gasteiger partial charge in [0, 0.05) is 24.7 Å². The summed E-state index contributed by atoms with van der Waals surface area (Å²) in [7, 11) is 0. The summed E-state index contributed by atoms with van der Waals surface area (Å²) < 4.78 is 19.4. The zero-order chi connectivity index (χ0) is 25.1. The molecular formula is C29H33FN2O3. The van der Waals surface area contributed by atoms with Crippen LogP contribution < -0.4 is 10.5 Å². The van der Waals surface area contributed by atoms with E-state index >= 15 is 0 Å². The van der Waals surface area contributed by atoms with Crippen LogP contribution in [0.5, 0.6) is 11.5 Å². The van der Waals surface area contributed by atoms with Gasteiger partial charge in [-0.15, -0.1) is 0 Å². The highest BCUT2D eigenvalue weighted by atomic mass is 19.1. The topological polar surface area (TPSA) is 75.8 Å². The maximum absolute atomic E-state index is 13.4. The maximum Gasteiger partial charge on any atom is 0.232 e. The summed E-state index contributed by atoms with van der Waals surface area (Å²) in [6.45, 7) is 5.90. The molecule has 35 heavy (non-hydrogen) atoms. The number of primary amides is 1. The molecule has 1 aliphatic rings. The van der Waals surface area contributed by atoms with E-state index in [4.69, 9.17) is 10.5 Å². The Bertz CT molecular complexity index is 1110. The van der Waals surface area contributed by atoms with Crippen molar-refractivity contribution in [3.8, 4) is 11.5 Å². The Morgan fingerprint density at radius 3 is 2.17 bits per heavy atom. The van der Waals surface area contributed by atoms with Crippen molar-refractivity contribution in [1.82, 2.24) is 4.90 Å². The molecule has 0 bridgehead atoms. The summed E-state index contributed by atoms with van der Waals surface area (Å²) in [4.78, 5) is 15.5. The van der Waals surface area contributed by atoms with Gasteiger partial charge in [-0.2, -0.15) is 0 Å². The van der Waals surface area contributed by atoms with E-state index in [1.165, 1.54) is 18.2 Å². The molecule has 1 aliphatic heterocycles. The van der Waals surface area contributed by atoms with E-state index in [0.29, 0.717) is 18.7 Å². The Balaban J connectivity index is 1.51. The van der Waals surface area contributed by atoms with Gasteiger partial charge in [-0.3, -0.25) is 9.69 Å². The Morgan fingerprint density at radius 2 is 1.63 bits per heavy atom. The number of likely N-dealkylation sites (tertiary alicyclic amines) is 1. The first kappa shape index (κ1) is 24.7. The van der Waals surface area contributed by atoms with E-state index in [-0.39, 0.29) is 17.6 Å². The average molecular weight is 477 g/mol. The fourth-order valence-electron chi connectivity index (χ4n) is 5.09. The van der Waals surface area contributed by atoms with E-state index < -0.39 is 17.0 Å². The standard InChI is InChI=1S/C29H33FN2O3/c1-28(2,32-18-15-24(20-32)35-23-13-14-25(30)26(33)19-23)16-17-29(27(31)34,21-9-5-3-6-10-21)22-11-7-4-8-12-22/h3-14,19,24,33H,15-18,20H2,1-2H3,(H2,31,34). The molecule has 0 aromatic heterocycles. The van der Waals surface area contributed by atoms with Crippen molar-refractivity contribution in [2.45, 2.75) is 50.2 Å². The third-order valence-corrected chi connectivity index (χ3v) is 7.29. The minimum Gasteiger partial charge on any atom is -0.505 e. The molecule has 1 amide bonds. The van der Waals surface area contributed by atoms with E-state index in [9.17, 15) is 14.3 Å². The van der Waals surface area contributed by atoms with Gasteiger partial charge in [0.15, 0.2) is 11.6 Å². The Labute approximate surface area is 206 Å². The maximum atomic E-state index is 13.4. The largest absolute Gasteiger partial charge is 0.505 e. The number of aromatic hydroxyl groups is 1. The molecular weight excluding hydrogens is 443 g/mol. The van der Waals surface area contributed by atoms with Crippen molar-refractivity contribution in [3.63, 3.8) is 0 Å². The molecule has 1 saturated heterocycles. The number of amides is 1. The fraction of sp³-hybridized carbons (Fsp3) is 0.345. The van der Waals surface area contributed by atoms with Crippen molar-refractivity contribution in [2.75, 3.05) is 13.1 Å². The van der Waals surface area contributed by atoms with Crippen LogP contribution in [0.3, 0.4) is 0 Å². The van der Waals surface area contributed by atoms with Crippen molar-refractivity contribution < 1.29 is 19.0 Å². The SMILES string of the molecule is CC(C)(CCC(C(N)=O)(c1ccccc1)c1ccccc1)N1CCC(Oc2ccc(F)c(O)c2)C1. The number of phenols is 1. The first-order chi connectivity index (χ1) is 16.7. The Kier molecular flexibility index (Phi) is 7.13. The smallest absolute Gasteiger partial charge is 0.232 e. The predicted octanol–water partition coefficient (Wildman–Crippen LogP) is 5.01. The van der Waals surface area contributed by atoms with Crippen LogP contribution in [0.1, 0.15) is 44.2 Å². The minimum atomic E-state index is -0.930. The first-order valence-electron chi connectivity index (χ1n) is 12.0. The molecule has 3 N–H and O–H groups in total. The first-order valence-corrected chi connectivity index (χ1v) is 12.0. The number of ether oxygens (including phenoxy) is 1. The lowest BCUT2D eigenvalue weighted by Crippen LogP contribution is -2.47. The lowest BCUT2D eigenvalue weighted by Gasteiger charge is -2.40. The van der Waals surface area contributed by atoms with Crippen LogP contribution in [0.4, 0.5) is 4.39 Å². The van der Waals surface area contributed by atoms with Crippen LogP contribution in [-0.4, -0.2) is 40.6 Å². The van der Waals surface area contributed by atoms with Crippen molar-refractivity contribution >= 4 is 5.91 Å². The number of phenolic OH excluding ortho intramolecular Hbond substituents is 1. The molecule has 1 fully saturated rings. The van der Waals surface area contributed by atoms with Gasteiger partial charge in [0.05, 0.1) is 5.41 Å². The van der Waals surface area contributed by atoms with Crippen LogP contribution in [-0.2, 0) is 10.2 Å². The van der Waals surface area contributed by atoms with E-state index in [2.05, 4.69) is 18.7 Å². The summed E-state index contributed by atoms with van der Waals surface area (Å²) in [5, 5.41) is 9.63. The molecule has 0 saturated carbocycles.